The zero-order chi connectivity index (χ0) is 13.3. The molecule has 2 nitrogen and oxygen atoms in total. The second kappa shape index (κ2) is 5.64. The van der Waals surface area contributed by atoms with E-state index in [1.807, 2.05) is 0 Å². The lowest BCUT2D eigenvalue weighted by Gasteiger charge is -2.37. The lowest BCUT2D eigenvalue weighted by Crippen LogP contribution is -2.53. The molecule has 1 unspecified atom stereocenters. The van der Waals surface area contributed by atoms with Crippen LogP contribution in [0.25, 0.3) is 0 Å². The van der Waals surface area contributed by atoms with E-state index >= 15 is 0 Å². The molecule has 0 spiro atoms. The molecule has 18 heavy (non-hydrogen) atoms. The molecule has 0 aromatic heterocycles. The van der Waals surface area contributed by atoms with Crippen LogP contribution in [-0.4, -0.2) is 25.7 Å². The van der Waals surface area contributed by atoms with Crippen molar-refractivity contribution in [2.75, 3.05) is 24.5 Å². The number of nitrogens with zero attached hydrogens (tertiary/aromatic N) is 1. The summed E-state index contributed by atoms with van der Waals surface area (Å²) in [5.74, 6) is 0.0109. The number of benzene rings is 1. The van der Waals surface area contributed by atoms with Crippen molar-refractivity contribution in [3.05, 3.63) is 28.0 Å². The Kier molecular flexibility index (Phi) is 4.36. The van der Waals surface area contributed by atoms with Gasteiger partial charge >= 0.3 is 0 Å². The molecule has 1 fully saturated rings. The summed E-state index contributed by atoms with van der Waals surface area (Å²) in [6.45, 7) is 7.05. The Balaban J connectivity index is 2.21. The fraction of sp³-hybridized carbons (Fsp3) is 0.538. The van der Waals surface area contributed by atoms with Crippen LogP contribution < -0.4 is 10.2 Å². The van der Waals surface area contributed by atoms with E-state index in [4.69, 9.17) is 23.2 Å². The SMILES string of the molecule is CC(C)C1CN(c2cc(Cl)c(F)c(Cl)c2)CCN1. The van der Waals surface area contributed by atoms with Crippen LogP contribution in [0.4, 0.5) is 10.1 Å². The molecule has 1 aromatic rings. The van der Waals surface area contributed by atoms with Crippen molar-refractivity contribution < 1.29 is 4.39 Å². The first-order valence-corrected chi connectivity index (χ1v) is 6.87. The maximum Gasteiger partial charge on any atom is 0.160 e. The highest BCUT2D eigenvalue weighted by molar-refractivity contribution is 6.35. The minimum atomic E-state index is -0.544. The molecule has 1 heterocycles. The summed E-state index contributed by atoms with van der Waals surface area (Å²) < 4.78 is 13.4. The largest absolute Gasteiger partial charge is 0.369 e. The summed E-state index contributed by atoms with van der Waals surface area (Å²) in [7, 11) is 0. The van der Waals surface area contributed by atoms with Crippen molar-refractivity contribution in [3.63, 3.8) is 0 Å². The highest BCUT2D eigenvalue weighted by Gasteiger charge is 2.23. The number of anilines is 1. The van der Waals surface area contributed by atoms with E-state index in [0.29, 0.717) is 12.0 Å². The fourth-order valence-corrected chi connectivity index (χ4v) is 2.66. The van der Waals surface area contributed by atoms with Crippen LogP contribution in [0.5, 0.6) is 0 Å². The average Bonchev–Trinajstić information content (AvgIpc) is 2.35. The molecule has 1 atom stereocenters. The van der Waals surface area contributed by atoms with Gasteiger partial charge in [0.05, 0.1) is 10.0 Å². The molecular weight excluding hydrogens is 274 g/mol. The van der Waals surface area contributed by atoms with E-state index < -0.39 is 5.82 Å². The van der Waals surface area contributed by atoms with Gasteiger partial charge in [0.25, 0.3) is 0 Å². The molecule has 0 saturated carbocycles. The first-order valence-electron chi connectivity index (χ1n) is 6.12. The summed E-state index contributed by atoms with van der Waals surface area (Å²) in [6, 6.07) is 3.72. The number of piperazine rings is 1. The molecule has 100 valence electrons. The molecule has 2 rings (SSSR count). The van der Waals surface area contributed by atoms with Crippen LogP contribution in [0.1, 0.15) is 13.8 Å². The number of halogens is 3. The number of hydrogen-bond donors (Lipinski definition) is 1. The number of hydrogen-bond acceptors (Lipinski definition) is 2. The van der Waals surface area contributed by atoms with Gasteiger partial charge in [0.15, 0.2) is 5.82 Å². The Labute approximate surface area is 117 Å². The van der Waals surface area contributed by atoms with Crippen LogP contribution in [0.3, 0.4) is 0 Å². The van der Waals surface area contributed by atoms with Gasteiger partial charge in [0.1, 0.15) is 0 Å². The minimum absolute atomic E-state index is 0.0807. The molecule has 0 amide bonds. The van der Waals surface area contributed by atoms with Crippen molar-refractivity contribution >= 4 is 28.9 Å². The van der Waals surface area contributed by atoms with Gasteiger partial charge in [-0.15, -0.1) is 0 Å². The van der Waals surface area contributed by atoms with Crippen LogP contribution in [0.15, 0.2) is 12.1 Å². The second-order valence-electron chi connectivity index (χ2n) is 4.97. The maximum absolute atomic E-state index is 13.4. The van der Waals surface area contributed by atoms with Gasteiger partial charge < -0.3 is 10.2 Å². The third kappa shape index (κ3) is 2.90. The van der Waals surface area contributed by atoms with Crippen molar-refractivity contribution in [2.45, 2.75) is 19.9 Å². The number of nitrogens with one attached hydrogen (secondary N) is 1. The minimum Gasteiger partial charge on any atom is -0.369 e. The maximum atomic E-state index is 13.4. The highest BCUT2D eigenvalue weighted by Crippen LogP contribution is 2.30. The average molecular weight is 291 g/mol. The van der Waals surface area contributed by atoms with Gasteiger partial charge in [0, 0.05) is 31.4 Å². The molecule has 0 aliphatic carbocycles. The van der Waals surface area contributed by atoms with Gasteiger partial charge in [0.2, 0.25) is 0 Å². The molecule has 1 aliphatic heterocycles. The summed E-state index contributed by atoms with van der Waals surface area (Å²) >= 11 is 11.7. The molecule has 1 aromatic carbocycles. The Morgan fingerprint density at radius 1 is 1.33 bits per heavy atom. The van der Waals surface area contributed by atoms with E-state index in [1.165, 1.54) is 0 Å². The Morgan fingerprint density at radius 3 is 2.50 bits per heavy atom. The van der Waals surface area contributed by atoms with E-state index in [9.17, 15) is 4.39 Å². The van der Waals surface area contributed by atoms with Crippen LogP contribution in [-0.2, 0) is 0 Å². The Hall–Kier alpha value is -0.510. The molecule has 1 saturated heterocycles. The van der Waals surface area contributed by atoms with Crippen molar-refractivity contribution in [3.8, 4) is 0 Å². The summed E-state index contributed by atoms with van der Waals surface area (Å²) in [5.41, 5.74) is 0.888. The first-order chi connectivity index (χ1) is 8.49. The van der Waals surface area contributed by atoms with Gasteiger partial charge in [-0.3, -0.25) is 0 Å². The van der Waals surface area contributed by atoms with E-state index in [1.54, 1.807) is 12.1 Å². The topological polar surface area (TPSA) is 15.3 Å². The summed E-state index contributed by atoms with van der Waals surface area (Å²) in [6.07, 6.45) is 0. The lowest BCUT2D eigenvalue weighted by atomic mass is 10.0. The van der Waals surface area contributed by atoms with E-state index in [-0.39, 0.29) is 10.0 Å². The third-order valence-corrected chi connectivity index (χ3v) is 3.89. The third-order valence-electron chi connectivity index (χ3n) is 3.34. The lowest BCUT2D eigenvalue weighted by molar-refractivity contribution is 0.368. The standard InChI is InChI=1S/C13H17Cl2FN2/c1-8(2)12-7-18(4-3-17-12)9-5-10(14)13(16)11(15)6-9/h5-6,8,12,17H,3-4,7H2,1-2H3. The zero-order valence-electron chi connectivity index (χ0n) is 10.5. The first kappa shape index (κ1) is 13.9. The van der Waals surface area contributed by atoms with Crippen LogP contribution in [0, 0.1) is 11.7 Å². The van der Waals surface area contributed by atoms with Crippen molar-refractivity contribution in [1.82, 2.24) is 5.32 Å². The second-order valence-corrected chi connectivity index (χ2v) is 5.79. The molecule has 1 N–H and O–H groups in total. The van der Waals surface area contributed by atoms with Gasteiger partial charge in [-0.25, -0.2) is 4.39 Å². The van der Waals surface area contributed by atoms with Gasteiger partial charge in [-0.2, -0.15) is 0 Å². The van der Waals surface area contributed by atoms with E-state index in [0.717, 1.165) is 25.3 Å². The van der Waals surface area contributed by atoms with E-state index in [2.05, 4.69) is 24.1 Å². The predicted octanol–water partition coefficient (Wildman–Crippen LogP) is 3.57. The summed E-state index contributed by atoms with van der Waals surface area (Å²) in [4.78, 5) is 2.19. The molecule has 0 bridgehead atoms. The molecular formula is C13H17Cl2FN2. The molecule has 1 aliphatic rings. The fourth-order valence-electron chi connectivity index (χ4n) is 2.18. The summed E-state index contributed by atoms with van der Waals surface area (Å²) in [5, 5.41) is 3.64. The number of rotatable bonds is 2. The quantitative estimate of drug-likeness (QED) is 0.838. The molecule has 0 radical (unpaired) electrons. The molecule has 5 heteroatoms. The van der Waals surface area contributed by atoms with Crippen molar-refractivity contribution in [1.29, 1.82) is 0 Å². The highest BCUT2D eigenvalue weighted by atomic mass is 35.5. The normalized spacial score (nSPS) is 20.6. The Morgan fingerprint density at radius 2 is 1.94 bits per heavy atom. The van der Waals surface area contributed by atoms with Crippen molar-refractivity contribution in [2.24, 2.45) is 5.92 Å². The smallest absolute Gasteiger partial charge is 0.160 e. The Bertz CT molecular complexity index is 414. The van der Waals surface area contributed by atoms with Crippen LogP contribution >= 0.6 is 23.2 Å². The monoisotopic (exact) mass is 290 g/mol. The predicted molar refractivity (Wildman–Crippen MR) is 75.3 cm³/mol. The van der Waals surface area contributed by atoms with Gasteiger partial charge in [-0.05, 0) is 18.1 Å². The van der Waals surface area contributed by atoms with Crippen LogP contribution in [0.2, 0.25) is 10.0 Å². The zero-order valence-corrected chi connectivity index (χ0v) is 12.0. The van der Waals surface area contributed by atoms with Gasteiger partial charge in [-0.1, -0.05) is 37.0 Å².